The summed E-state index contributed by atoms with van der Waals surface area (Å²) >= 11 is 0. The van der Waals surface area contributed by atoms with Crippen molar-refractivity contribution in [3.8, 4) is 0 Å². The zero-order valence-electron chi connectivity index (χ0n) is 11.3. The summed E-state index contributed by atoms with van der Waals surface area (Å²) in [5.41, 5.74) is 7.48. The molecular formula is C14H24N4. The standard InChI is InChI=1S/C14H24N4/c1-17-9-12(8-16-17)13(15)10-18-7-6-11-4-2-3-5-14(11)18/h8-9,11,13-14H,2-7,10,15H2,1H3. The monoisotopic (exact) mass is 248 g/mol. The molecule has 2 aliphatic rings. The molecular weight excluding hydrogens is 224 g/mol. The number of likely N-dealkylation sites (tertiary alicyclic amines) is 1. The van der Waals surface area contributed by atoms with Gasteiger partial charge in [-0.3, -0.25) is 9.58 Å². The third kappa shape index (κ3) is 2.31. The molecule has 1 saturated heterocycles. The molecule has 3 unspecified atom stereocenters. The predicted molar refractivity (Wildman–Crippen MR) is 72.1 cm³/mol. The summed E-state index contributed by atoms with van der Waals surface area (Å²) in [6.07, 6.45) is 11.0. The van der Waals surface area contributed by atoms with E-state index in [1.54, 1.807) is 0 Å². The number of aromatic nitrogens is 2. The Morgan fingerprint density at radius 3 is 3.00 bits per heavy atom. The summed E-state index contributed by atoms with van der Waals surface area (Å²) in [5.74, 6) is 0.944. The van der Waals surface area contributed by atoms with Crippen LogP contribution in [0.4, 0.5) is 0 Å². The summed E-state index contributed by atoms with van der Waals surface area (Å²) in [4.78, 5) is 2.63. The van der Waals surface area contributed by atoms with Crippen LogP contribution in [0.2, 0.25) is 0 Å². The number of nitrogens with two attached hydrogens (primary N) is 1. The number of hydrogen-bond donors (Lipinski definition) is 1. The normalized spacial score (nSPS) is 30.3. The van der Waals surface area contributed by atoms with E-state index < -0.39 is 0 Å². The Bertz CT molecular complexity index is 400. The van der Waals surface area contributed by atoms with E-state index in [4.69, 9.17) is 5.73 Å². The molecule has 1 aromatic rings. The topological polar surface area (TPSA) is 47.1 Å². The van der Waals surface area contributed by atoms with Crippen LogP contribution in [-0.4, -0.2) is 33.8 Å². The fourth-order valence-electron chi connectivity index (χ4n) is 3.72. The molecule has 0 radical (unpaired) electrons. The Kier molecular flexibility index (Phi) is 3.39. The number of fused-ring (bicyclic) bond motifs is 1. The molecule has 0 spiro atoms. The average Bonchev–Trinajstić information content (AvgIpc) is 2.97. The molecule has 1 saturated carbocycles. The van der Waals surface area contributed by atoms with Crippen molar-refractivity contribution in [2.24, 2.45) is 18.7 Å². The number of nitrogens with zero attached hydrogens (tertiary/aromatic N) is 3. The first kappa shape index (κ1) is 12.2. The highest BCUT2D eigenvalue weighted by Crippen LogP contribution is 2.36. The van der Waals surface area contributed by atoms with Gasteiger partial charge in [0.1, 0.15) is 0 Å². The van der Waals surface area contributed by atoms with Crippen molar-refractivity contribution in [1.82, 2.24) is 14.7 Å². The molecule has 0 aromatic carbocycles. The third-order valence-electron chi connectivity index (χ3n) is 4.71. The lowest BCUT2D eigenvalue weighted by Gasteiger charge is -2.33. The summed E-state index contributed by atoms with van der Waals surface area (Å²) < 4.78 is 1.84. The van der Waals surface area contributed by atoms with Gasteiger partial charge in [-0.1, -0.05) is 12.8 Å². The van der Waals surface area contributed by atoms with Crippen LogP contribution in [-0.2, 0) is 7.05 Å². The first-order chi connectivity index (χ1) is 8.74. The fourth-order valence-corrected chi connectivity index (χ4v) is 3.72. The molecule has 18 heavy (non-hydrogen) atoms. The van der Waals surface area contributed by atoms with E-state index in [1.165, 1.54) is 38.6 Å². The van der Waals surface area contributed by atoms with E-state index in [0.717, 1.165) is 24.1 Å². The molecule has 3 atom stereocenters. The van der Waals surface area contributed by atoms with Crippen LogP contribution in [0, 0.1) is 5.92 Å². The van der Waals surface area contributed by atoms with Gasteiger partial charge in [-0.25, -0.2) is 0 Å². The zero-order chi connectivity index (χ0) is 12.5. The first-order valence-corrected chi connectivity index (χ1v) is 7.22. The van der Waals surface area contributed by atoms with E-state index in [1.807, 2.05) is 24.1 Å². The smallest absolute Gasteiger partial charge is 0.0537 e. The highest BCUT2D eigenvalue weighted by atomic mass is 15.2. The van der Waals surface area contributed by atoms with Gasteiger partial charge in [-0.15, -0.1) is 0 Å². The lowest BCUT2D eigenvalue weighted by atomic mass is 9.85. The number of aryl methyl sites for hydroxylation is 1. The van der Waals surface area contributed by atoms with E-state index in [-0.39, 0.29) is 6.04 Å². The van der Waals surface area contributed by atoms with Gasteiger partial charge >= 0.3 is 0 Å². The van der Waals surface area contributed by atoms with Crippen LogP contribution in [0.15, 0.2) is 12.4 Å². The quantitative estimate of drug-likeness (QED) is 0.885. The number of rotatable bonds is 3. The maximum atomic E-state index is 6.31. The maximum absolute atomic E-state index is 6.31. The molecule has 0 amide bonds. The van der Waals surface area contributed by atoms with Crippen molar-refractivity contribution >= 4 is 0 Å². The SMILES string of the molecule is Cn1cc(C(N)CN2CCC3CCCCC32)cn1. The van der Waals surface area contributed by atoms with Gasteiger partial charge in [-0.05, 0) is 31.7 Å². The van der Waals surface area contributed by atoms with E-state index in [2.05, 4.69) is 10.00 Å². The van der Waals surface area contributed by atoms with Crippen molar-refractivity contribution in [1.29, 1.82) is 0 Å². The van der Waals surface area contributed by atoms with Gasteiger partial charge in [0.05, 0.1) is 6.20 Å². The van der Waals surface area contributed by atoms with Crippen molar-refractivity contribution in [3.63, 3.8) is 0 Å². The Morgan fingerprint density at radius 2 is 2.22 bits per heavy atom. The molecule has 1 aromatic heterocycles. The maximum Gasteiger partial charge on any atom is 0.0537 e. The number of hydrogen-bond acceptors (Lipinski definition) is 3. The lowest BCUT2D eigenvalue weighted by Crippen LogP contribution is -2.39. The molecule has 100 valence electrons. The summed E-state index contributed by atoms with van der Waals surface area (Å²) in [6, 6.07) is 0.917. The van der Waals surface area contributed by atoms with E-state index in [9.17, 15) is 0 Å². The Labute approximate surface area is 109 Å². The summed E-state index contributed by atoms with van der Waals surface area (Å²) in [7, 11) is 1.95. The van der Waals surface area contributed by atoms with Crippen LogP contribution in [0.25, 0.3) is 0 Å². The second kappa shape index (κ2) is 5.02. The molecule has 1 aliphatic heterocycles. The fraction of sp³-hybridized carbons (Fsp3) is 0.786. The van der Waals surface area contributed by atoms with Gasteiger partial charge in [-0.2, -0.15) is 5.10 Å². The first-order valence-electron chi connectivity index (χ1n) is 7.22. The minimum Gasteiger partial charge on any atom is -0.323 e. The second-order valence-corrected chi connectivity index (χ2v) is 5.95. The van der Waals surface area contributed by atoms with Gasteiger partial charge in [0, 0.05) is 37.4 Å². The summed E-state index contributed by atoms with van der Waals surface area (Å²) in [5, 5.41) is 4.21. The largest absolute Gasteiger partial charge is 0.323 e. The van der Waals surface area contributed by atoms with Crippen LogP contribution in [0.3, 0.4) is 0 Å². The van der Waals surface area contributed by atoms with Gasteiger partial charge < -0.3 is 5.73 Å². The zero-order valence-corrected chi connectivity index (χ0v) is 11.3. The van der Waals surface area contributed by atoms with Crippen molar-refractivity contribution in [3.05, 3.63) is 18.0 Å². The van der Waals surface area contributed by atoms with Crippen molar-refractivity contribution in [2.75, 3.05) is 13.1 Å². The Morgan fingerprint density at radius 1 is 1.39 bits per heavy atom. The van der Waals surface area contributed by atoms with Gasteiger partial charge in [0.2, 0.25) is 0 Å². The molecule has 4 heteroatoms. The molecule has 1 aliphatic carbocycles. The van der Waals surface area contributed by atoms with Crippen LogP contribution >= 0.6 is 0 Å². The minimum atomic E-state index is 0.111. The molecule has 0 bridgehead atoms. The van der Waals surface area contributed by atoms with Crippen LogP contribution in [0.1, 0.15) is 43.7 Å². The van der Waals surface area contributed by atoms with Crippen molar-refractivity contribution in [2.45, 2.75) is 44.2 Å². The highest BCUT2D eigenvalue weighted by Gasteiger charge is 2.36. The van der Waals surface area contributed by atoms with Gasteiger partial charge in [0.25, 0.3) is 0 Å². The molecule has 2 N–H and O–H groups in total. The Balaban J connectivity index is 1.62. The van der Waals surface area contributed by atoms with Crippen molar-refractivity contribution < 1.29 is 0 Å². The molecule has 2 fully saturated rings. The Hall–Kier alpha value is -0.870. The van der Waals surface area contributed by atoms with Crippen LogP contribution in [0.5, 0.6) is 0 Å². The second-order valence-electron chi connectivity index (χ2n) is 5.95. The summed E-state index contributed by atoms with van der Waals surface area (Å²) in [6.45, 7) is 2.23. The van der Waals surface area contributed by atoms with E-state index >= 15 is 0 Å². The van der Waals surface area contributed by atoms with Gasteiger partial charge in [0.15, 0.2) is 0 Å². The lowest BCUT2D eigenvalue weighted by molar-refractivity contribution is 0.174. The predicted octanol–water partition coefficient (Wildman–Crippen LogP) is 1.68. The minimum absolute atomic E-state index is 0.111. The average molecular weight is 248 g/mol. The highest BCUT2D eigenvalue weighted by molar-refractivity contribution is 5.10. The third-order valence-corrected chi connectivity index (χ3v) is 4.71. The molecule has 3 rings (SSSR count). The molecule has 2 heterocycles. The molecule has 4 nitrogen and oxygen atoms in total. The van der Waals surface area contributed by atoms with Crippen LogP contribution < -0.4 is 5.73 Å². The van der Waals surface area contributed by atoms with E-state index in [0.29, 0.717) is 0 Å².